The first-order chi connectivity index (χ1) is 17.0. The number of rotatable bonds is 4. The van der Waals surface area contributed by atoms with Gasteiger partial charge in [-0.2, -0.15) is 4.98 Å². The molecule has 0 saturated carbocycles. The summed E-state index contributed by atoms with van der Waals surface area (Å²) in [5.41, 5.74) is 2.39. The number of amides is 1. The Labute approximate surface area is 206 Å². The molecule has 3 saturated heterocycles. The average Bonchev–Trinajstić information content (AvgIpc) is 3.56. The number of H-pyrrole nitrogens is 1. The summed E-state index contributed by atoms with van der Waals surface area (Å²) in [7, 11) is 0. The summed E-state index contributed by atoms with van der Waals surface area (Å²) in [6.07, 6.45) is 1.09. The number of pyridine rings is 1. The number of nitrogens with one attached hydrogen (secondary N) is 1. The van der Waals surface area contributed by atoms with Gasteiger partial charge in [-0.15, -0.1) is 0 Å². The van der Waals surface area contributed by atoms with Crippen molar-refractivity contribution in [2.75, 3.05) is 26.3 Å². The highest BCUT2D eigenvalue weighted by Gasteiger charge is 2.48. The van der Waals surface area contributed by atoms with E-state index in [2.05, 4.69) is 15.0 Å². The van der Waals surface area contributed by atoms with Crippen molar-refractivity contribution in [3.63, 3.8) is 0 Å². The topological polar surface area (TPSA) is 119 Å². The van der Waals surface area contributed by atoms with Crippen molar-refractivity contribution in [1.82, 2.24) is 19.9 Å². The SMILES string of the molecule is O=C(Oc1ccc(-c2nc3nc(O[C@@H]4CO[C@H]5[C@@H]4OC[C@H]5O)[nH]c3cc2Cl)cc1)N1CCCCC1. The van der Waals surface area contributed by atoms with E-state index in [-0.39, 0.29) is 37.0 Å². The number of nitrogens with zero attached hydrogens (tertiary/aromatic N) is 3. The van der Waals surface area contributed by atoms with Crippen LogP contribution in [-0.2, 0) is 9.47 Å². The zero-order valence-corrected chi connectivity index (χ0v) is 19.6. The van der Waals surface area contributed by atoms with E-state index in [1.807, 2.05) is 12.1 Å². The number of fused-ring (bicyclic) bond motifs is 2. The van der Waals surface area contributed by atoms with Gasteiger partial charge in [0.2, 0.25) is 0 Å². The Hall–Kier alpha value is -2.92. The molecule has 1 aromatic carbocycles. The second-order valence-corrected chi connectivity index (χ2v) is 9.40. The molecule has 5 heterocycles. The standard InChI is InChI=1S/C24H25ClN4O6/c25-15-10-16-22(28-23(26-16)35-18-12-33-20-17(30)11-32-21(18)20)27-19(15)13-4-6-14(7-5-13)34-24(31)29-8-2-1-3-9-29/h4-7,10,17-18,20-21,30H,1-3,8-9,11-12H2,(H,26,27,28)/t17-,18-,20-,21-/m1/s1. The molecule has 3 aliphatic rings. The van der Waals surface area contributed by atoms with Gasteiger partial charge in [-0.3, -0.25) is 0 Å². The van der Waals surface area contributed by atoms with Crippen molar-refractivity contribution in [3.05, 3.63) is 35.4 Å². The minimum absolute atomic E-state index is 0.228. The van der Waals surface area contributed by atoms with Gasteiger partial charge in [0, 0.05) is 18.7 Å². The number of aliphatic hydroxyl groups excluding tert-OH is 1. The van der Waals surface area contributed by atoms with Gasteiger partial charge >= 0.3 is 6.09 Å². The fraction of sp³-hybridized carbons (Fsp3) is 0.458. The van der Waals surface area contributed by atoms with Crippen LogP contribution in [0.4, 0.5) is 4.79 Å². The summed E-state index contributed by atoms with van der Waals surface area (Å²) in [5, 5.41) is 10.3. The van der Waals surface area contributed by atoms with E-state index in [4.69, 9.17) is 30.5 Å². The van der Waals surface area contributed by atoms with E-state index in [1.165, 1.54) is 0 Å². The van der Waals surface area contributed by atoms with Gasteiger partial charge in [0.1, 0.15) is 24.1 Å². The van der Waals surface area contributed by atoms with E-state index in [1.54, 1.807) is 23.1 Å². The Morgan fingerprint density at radius 1 is 1.09 bits per heavy atom. The van der Waals surface area contributed by atoms with Crippen LogP contribution in [0, 0.1) is 0 Å². The molecule has 10 nitrogen and oxygen atoms in total. The maximum atomic E-state index is 12.3. The number of aliphatic hydroxyl groups is 1. The van der Waals surface area contributed by atoms with Gasteiger partial charge in [-0.1, -0.05) is 11.6 Å². The van der Waals surface area contributed by atoms with Gasteiger partial charge in [0.05, 0.1) is 29.4 Å². The highest BCUT2D eigenvalue weighted by atomic mass is 35.5. The fourth-order valence-corrected chi connectivity index (χ4v) is 5.03. The Bertz CT molecular complexity index is 1230. The van der Waals surface area contributed by atoms with Crippen LogP contribution in [0.2, 0.25) is 5.02 Å². The normalized spacial score (nSPS) is 26.2. The Balaban J connectivity index is 1.17. The summed E-state index contributed by atoms with van der Waals surface area (Å²) in [6.45, 7) is 2.00. The Morgan fingerprint density at radius 3 is 2.66 bits per heavy atom. The van der Waals surface area contributed by atoms with Crippen molar-refractivity contribution in [2.24, 2.45) is 0 Å². The predicted molar refractivity (Wildman–Crippen MR) is 126 cm³/mol. The third-order valence-electron chi connectivity index (χ3n) is 6.60. The zero-order chi connectivity index (χ0) is 23.9. The lowest BCUT2D eigenvalue weighted by Crippen LogP contribution is -2.37. The molecule has 0 unspecified atom stereocenters. The van der Waals surface area contributed by atoms with E-state index in [9.17, 15) is 9.90 Å². The second kappa shape index (κ2) is 9.27. The molecule has 11 heteroatoms. The fourth-order valence-electron chi connectivity index (χ4n) is 4.77. The number of ether oxygens (including phenoxy) is 4. The number of carbonyl (C=O) groups excluding carboxylic acids is 1. The molecule has 0 bridgehead atoms. The zero-order valence-electron chi connectivity index (χ0n) is 18.9. The molecule has 6 rings (SSSR count). The number of likely N-dealkylation sites (tertiary alicyclic amines) is 1. The van der Waals surface area contributed by atoms with E-state index < -0.39 is 6.10 Å². The monoisotopic (exact) mass is 500 g/mol. The highest BCUT2D eigenvalue weighted by molar-refractivity contribution is 6.33. The van der Waals surface area contributed by atoms with Gasteiger partial charge < -0.3 is 33.9 Å². The molecule has 3 aromatic rings. The minimum atomic E-state index is -0.646. The van der Waals surface area contributed by atoms with E-state index in [0.29, 0.717) is 34.2 Å². The Morgan fingerprint density at radius 2 is 1.86 bits per heavy atom. The van der Waals surface area contributed by atoms with Crippen molar-refractivity contribution in [3.8, 4) is 23.0 Å². The van der Waals surface area contributed by atoms with Crippen LogP contribution in [0.3, 0.4) is 0 Å². The number of carbonyl (C=O) groups is 1. The van der Waals surface area contributed by atoms with Crippen LogP contribution < -0.4 is 9.47 Å². The molecule has 0 radical (unpaired) electrons. The third-order valence-corrected chi connectivity index (χ3v) is 6.89. The number of imidazole rings is 1. The van der Waals surface area contributed by atoms with Crippen LogP contribution in [0.25, 0.3) is 22.4 Å². The van der Waals surface area contributed by atoms with Crippen LogP contribution in [0.5, 0.6) is 11.8 Å². The maximum absolute atomic E-state index is 12.3. The maximum Gasteiger partial charge on any atom is 0.415 e. The first-order valence-electron chi connectivity index (χ1n) is 11.8. The first-order valence-corrected chi connectivity index (χ1v) is 12.1. The average molecular weight is 501 g/mol. The van der Waals surface area contributed by atoms with Gasteiger partial charge in [0.15, 0.2) is 11.8 Å². The highest BCUT2D eigenvalue weighted by Crippen LogP contribution is 2.32. The number of halogens is 1. The molecule has 3 fully saturated rings. The quantitative estimate of drug-likeness (QED) is 0.560. The molecule has 184 valence electrons. The number of aromatic amines is 1. The van der Waals surface area contributed by atoms with Crippen molar-refractivity contribution >= 4 is 28.9 Å². The van der Waals surface area contributed by atoms with E-state index in [0.717, 1.165) is 37.9 Å². The molecular formula is C24H25ClN4O6. The van der Waals surface area contributed by atoms with Crippen molar-refractivity contribution in [2.45, 2.75) is 43.7 Å². The van der Waals surface area contributed by atoms with Crippen LogP contribution in [0.1, 0.15) is 19.3 Å². The van der Waals surface area contributed by atoms with Crippen molar-refractivity contribution < 1.29 is 28.8 Å². The van der Waals surface area contributed by atoms with Crippen molar-refractivity contribution in [1.29, 1.82) is 0 Å². The largest absolute Gasteiger partial charge is 0.456 e. The third kappa shape index (κ3) is 4.42. The number of hydrogen-bond acceptors (Lipinski definition) is 8. The molecule has 35 heavy (non-hydrogen) atoms. The number of aromatic nitrogens is 3. The summed E-state index contributed by atoms with van der Waals surface area (Å²) in [4.78, 5) is 26.2. The van der Waals surface area contributed by atoms with Gasteiger partial charge in [-0.05, 0) is 49.6 Å². The molecule has 0 spiro atoms. The van der Waals surface area contributed by atoms with Gasteiger partial charge in [-0.25, -0.2) is 9.78 Å². The van der Waals surface area contributed by atoms with Crippen LogP contribution in [0.15, 0.2) is 30.3 Å². The summed E-state index contributed by atoms with van der Waals surface area (Å²) >= 11 is 6.52. The number of benzene rings is 1. The summed E-state index contributed by atoms with van der Waals surface area (Å²) < 4.78 is 22.7. The second-order valence-electron chi connectivity index (χ2n) is 8.99. The lowest BCUT2D eigenvalue weighted by Gasteiger charge is -2.25. The van der Waals surface area contributed by atoms with Gasteiger partial charge in [0.25, 0.3) is 6.01 Å². The number of hydrogen-bond donors (Lipinski definition) is 2. The minimum Gasteiger partial charge on any atom is -0.456 e. The lowest BCUT2D eigenvalue weighted by molar-refractivity contribution is 0.00706. The molecular weight excluding hydrogens is 476 g/mol. The predicted octanol–water partition coefficient (Wildman–Crippen LogP) is 3.17. The lowest BCUT2D eigenvalue weighted by atomic mass is 10.1. The number of piperidine rings is 1. The van der Waals surface area contributed by atoms with Crippen LogP contribution >= 0.6 is 11.6 Å². The molecule has 3 aliphatic heterocycles. The first kappa shape index (κ1) is 22.5. The summed E-state index contributed by atoms with van der Waals surface area (Å²) in [6, 6.07) is 9.09. The molecule has 2 N–H and O–H groups in total. The summed E-state index contributed by atoms with van der Waals surface area (Å²) in [5.74, 6) is 0.466. The Kier molecular flexibility index (Phi) is 5.97. The smallest absolute Gasteiger partial charge is 0.415 e. The van der Waals surface area contributed by atoms with E-state index >= 15 is 0 Å². The molecule has 1 amide bonds. The molecule has 2 aromatic heterocycles. The molecule has 4 atom stereocenters. The molecule has 0 aliphatic carbocycles. The van der Waals surface area contributed by atoms with Crippen LogP contribution in [-0.4, -0.2) is 81.8 Å².